The van der Waals surface area contributed by atoms with E-state index in [0.717, 1.165) is 25.7 Å². The fourth-order valence-corrected chi connectivity index (χ4v) is 1.31. The molecule has 0 radical (unpaired) electrons. The van der Waals surface area contributed by atoms with Gasteiger partial charge in [-0.3, -0.25) is 4.79 Å². The lowest BCUT2D eigenvalue weighted by Gasteiger charge is -1.97. The molecule has 1 aliphatic rings. The van der Waals surface area contributed by atoms with Crippen LogP contribution in [0.25, 0.3) is 0 Å². The minimum atomic E-state index is -0.833. The van der Waals surface area contributed by atoms with Gasteiger partial charge in [-0.25, -0.2) is 0 Å². The van der Waals surface area contributed by atoms with E-state index in [9.17, 15) is 0 Å². The summed E-state index contributed by atoms with van der Waals surface area (Å²) in [7, 11) is 0. The largest absolute Gasteiger partial charge is 0.481 e. The number of nitrogen functional groups attached to an aromatic ring is 1. The van der Waals surface area contributed by atoms with Crippen LogP contribution >= 0.6 is 0 Å². The third kappa shape index (κ3) is 3.06. The molecule has 0 saturated carbocycles. The van der Waals surface area contributed by atoms with E-state index >= 15 is 0 Å². The highest BCUT2D eigenvalue weighted by Crippen LogP contribution is 2.17. The molecule has 0 saturated heterocycles. The molecule has 0 aromatic heterocycles. The maximum absolute atomic E-state index is 9.00. The normalized spacial score (nSPS) is 12.6. The smallest absolute Gasteiger partial charge is 0.300 e. The summed E-state index contributed by atoms with van der Waals surface area (Å²) in [6.07, 6.45) is 0. The highest BCUT2D eigenvalue weighted by atomic mass is 16.4. The fourth-order valence-electron chi connectivity index (χ4n) is 1.31. The minimum Gasteiger partial charge on any atom is -0.481 e. The van der Waals surface area contributed by atoms with E-state index in [1.165, 1.54) is 11.1 Å². The summed E-state index contributed by atoms with van der Waals surface area (Å²) < 4.78 is 0. The number of carboxylic acids is 1. The molecular weight excluding hydrogens is 180 g/mol. The number of carboxylic acid groups (broad SMARTS) is 1. The van der Waals surface area contributed by atoms with E-state index < -0.39 is 5.97 Å². The third-order valence-electron chi connectivity index (χ3n) is 1.86. The van der Waals surface area contributed by atoms with Crippen LogP contribution in [0.15, 0.2) is 18.2 Å². The van der Waals surface area contributed by atoms with Gasteiger partial charge in [0.25, 0.3) is 5.97 Å². The number of benzene rings is 1. The summed E-state index contributed by atoms with van der Waals surface area (Å²) >= 11 is 0. The number of hydrogen-bond acceptors (Lipinski definition) is 3. The number of rotatable bonds is 0. The molecule has 0 fully saturated rings. The molecule has 1 heterocycles. The molecule has 0 bridgehead atoms. The van der Waals surface area contributed by atoms with Crippen molar-refractivity contribution < 1.29 is 9.90 Å². The molecular formula is C10H14N2O2. The number of carbonyl (C=O) groups is 1. The lowest BCUT2D eigenvalue weighted by atomic mass is 10.1. The topological polar surface area (TPSA) is 75.3 Å². The third-order valence-corrected chi connectivity index (χ3v) is 1.86. The Bertz CT molecular complexity index is 333. The second-order valence-electron chi connectivity index (χ2n) is 3.15. The van der Waals surface area contributed by atoms with Crippen LogP contribution in [0.3, 0.4) is 0 Å². The highest BCUT2D eigenvalue weighted by molar-refractivity contribution is 5.62. The number of hydrogen-bond donors (Lipinski definition) is 3. The molecule has 1 aromatic rings. The van der Waals surface area contributed by atoms with Gasteiger partial charge in [0.15, 0.2) is 0 Å². The van der Waals surface area contributed by atoms with Crippen LogP contribution in [0.5, 0.6) is 0 Å². The van der Waals surface area contributed by atoms with Crippen LogP contribution in [0.1, 0.15) is 18.1 Å². The average molecular weight is 194 g/mol. The molecule has 1 aliphatic heterocycles. The number of nitrogens with two attached hydrogens (primary N) is 1. The summed E-state index contributed by atoms with van der Waals surface area (Å²) in [5.74, 6) is -0.833. The zero-order chi connectivity index (χ0) is 10.6. The lowest BCUT2D eigenvalue weighted by molar-refractivity contribution is -0.134. The Balaban J connectivity index is 0.000000213. The summed E-state index contributed by atoms with van der Waals surface area (Å²) in [6.45, 7) is 3.05. The van der Waals surface area contributed by atoms with Gasteiger partial charge < -0.3 is 16.2 Å². The molecule has 76 valence electrons. The first-order valence-electron chi connectivity index (χ1n) is 4.37. The van der Waals surface area contributed by atoms with E-state index in [1.54, 1.807) is 0 Å². The van der Waals surface area contributed by atoms with E-state index in [2.05, 4.69) is 11.4 Å². The second kappa shape index (κ2) is 4.62. The van der Waals surface area contributed by atoms with Crippen LogP contribution in [0.4, 0.5) is 5.69 Å². The first kappa shape index (κ1) is 10.5. The van der Waals surface area contributed by atoms with Crippen molar-refractivity contribution in [2.24, 2.45) is 0 Å². The zero-order valence-corrected chi connectivity index (χ0v) is 8.08. The number of anilines is 1. The molecule has 0 aliphatic carbocycles. The maximum atomic E-state index is 9.00. The highest BCUT2D eigenvalue weighted by Gasteiger charge is 2.08. The molecule has 0 atom stereocenters. The average Bonchev–Trinajstić information content (AvgIpc) is 2.49. The van der Waals surface area contributed by atoms with Crippen LogP contribution in [0.2, 0.25) is 0 Å². The van der Waals surface area contributed by atoms with Crippen molar-refractivity contribution >= 4 is 11.7 Å². The summed E-state index contributed by atoms with van der Waals surface area (Å²) in [6, 6.07) is 6.08. The Hall–Kier alpha value is -1.55. The molecule has 1 aromatic carbocycles. The molecule has 4 N–H and O–H groups in total. The minimum absolute atomic E-state index is 0.833. The van der Waals surface area contributed by atoms with Crippen molar-refractivity contribution in [1.29, 1.82) is 0 Å². The van der Waals surface area contributed by atoms with Crippen LogP contribution in [-0.2, 0) is 17.9 Å². The van der Waals surface area contributed by atoms with E-state index in [4.69, 9.17) is 15.6 Å². The Kier molecular flexibility index (Phi) is 3.48. The fraction of sp³-hybridized carbons (Fsp3) is 0.300. The van der Waals surface area contributed by atoms with Crippen molar-refractivity contribution in [3.8, 4) is 0 Å². The monoisotopic (exact) mass is 194 g/mol. The predicted octanol–water partition coefficient (Wildman–Crippen LogP) is 0.963. The molecule has 2 rings (SSSR count). The quantitative estimate of drug-likeness (QED) is 0.538. The van der Waals surface area contributed by atoms with E-state index in [-0.39, 0.29) is 0 Å². The van der Waals surface area contributed by atoms with Gasteiger partial charge in [0.1, 0.15) is 0 Å². The van der Waals surface area contributed by atoms with Crippen molar-refractivity contribution in [3.05, 3.63) is 29.3 Å². The molecule has 4 heteroatoms. The molecule has 0 amide bonds. The van der Waals surface area contributed by atoms with Crippen LogP contribution in [-0.4, -0.2) is 11.1 Å². The van der Waals surface area contributed by atoms with Crippen molar-refractivity contribution in [3.63, 3.8) is 0 Å². The van der Waals surface area contributed by atoms with Gasteiger partial charge in [0, 0.05) is 25.7 Å². The van der Waals surface area contributed by atoms with Crippen LogP contribution < -0.4 is 11.1 Å². The maximum Gasteiger partial charge on any atom is 0.300 e. The van der Waals surface area contributed by atoms with E-state index in [1.807, 2.05) is 12.1 Å². The standard InChI is InChI=1S/C8H10N2.C2H4O2/c9-8-2-1-6-4-10-5-7(6)3-8;1-2(3)4/h1-3,10H,4-5,9H2;1H3,(H,3,4). The first-order chi connectivity index (χ1) is 6.59. The molecule has 0 unspecified atom stereocenters. The van der Waals surface area contributed by atoms with Crippen molar-refractivity contribution in [1.82, 2.24) is 5.32 Å². The van der Waals surface area contributed by atoms with Crippen LogP contribution in [0, 0.1) is 0 Å². The first-order valence-corrected chi connectivity index (χ1v) is 4.37. The van der Waals surface area contributed by atoms with Crippen molar-refractivity contribution in [2.45, 2.75) is 20.0 Å². The predicted molar refractivity (Wildman–Crippen MR) is 54.7 cm³/mol. The number of nitrogens with one attached hydrogen (secondary N) is 1. The van der Waals surface area contributed by atoms with Gasteiger partial charge in [-0.05, 0) is 23.3 Å². The summed E-state index contributed by atoms with van der Waals surface area (Å²) in [4.78, 5) is 9.00. The van der Waals surface area contributed by atoms with Gasteiger partial charge >= 0.3 is 0 Å². The molecule has 4 nitrogen and oxygen atoms in total. The SMILES string of the molecule is CC(=O)O.Nc1ccc2c(c1)CNC2. The Morgan fingerprint density at radius 1 is 1.43 bits per heavy atom. The Morgan fingerprint density at radius 2 is 2.00 bits per heavy atom. The van der Waals surface area contributed by atoms with E-state index in [0.29, 0.717) is 0 Å². The van der Waals surface area contributed by atoms with Gasteiger partial charge in [-0.15, -0.1) is 0 Å². The number of fused-ring (bicyclic) bond motifs is 1. The zero-order valence-electron chi connectivity index (χ0n) is 8.08. The second-order valence-corrected chi connectivity index (χ2v) is 3.15. The lowest BCUT2D eigenvalue weighted by Crippen LogP contribution is -1.99. The van der Waals surface area contributed by atoms with Gasteiger partial charge in [0.2, 0.25) is 0 Å². The van der Waals surface area contributed by atoms with Crippen molar-refractivity contribution in [2.75, 3.05) is 5.73 Å². The Labute approximate surface area is 82.7 Å². The summed E-state index contributed by atoms with van der Waals surface area (Å²) in [5.41, 5.74) is 9.20. The van der Waals surface area contributed by atoms with Gasteiger partial charge in [-0.2, -0.15) is 0 Å². The summed E-state index contributed by atoms with van der Waals surface area (Å²) in [5, 5.41) is 10.7. The molecule has 0 spiro atoms. The molecule has 14 heavy (non-hydrogen) atoms. The number of aliphatic carboxylic acids is 1. The van der Waals surface area contributed by atoms with Gasteiger partial charge in [0.05, 0.1) is 0 Å². The van der Waals surface area contributed by atoms with Gasteiger partial charge in [-0.1, -0.05) is 6.07 Å². The Morgan fingerprint density at radius 3 is 2.64 bits per heavy atom.